The van der Waals surface area contributed by atoms with Crippen molar-refractivity contribution in [3.05, 3.63) is 18.0 Å². The van der Waals surface area contributed by atoms with Gasteiger partial charge in [0.15, 0.2) is 0 Å². The van der Waals surface area contributed by atoms with Crippen molar-refractivity contribution < 1.29 is 13.2 Å². The zero-order valence-electron chi connectivity index (χ0n) is 8.54. The van der Waals surface area contributed by atoms with Crippen LogP contribution in [0, 0.1) is 0 Å². The summed E-state index contributed by atoms with van der Waals surface area (Å²) >= 11 is 0. The minimum absolute atomic E-state index is 0.327. The number of anilines is 1. The molecule has 0 spiro atoms. The van der Waals surface area contributed by atoms with Crippen LogP contribution in [-0.2, 0) is 6.18 Å². The SMILES string of the molecule is CCN(CC)c1ncc(C(F)(F)F)cn1. The summed E-state index contributed by atoms with van der Waals surface area (Å²) in [7, 11) is 0. The molecule has 3 nitrogen and oxygen atoms in total. The van der Waals surface area contributed by atoms with Crippen molar-refractivity contribution in [1.82, 2.24) is 9.97 Å². The predicted molar refractivity (Wildman–Crippen MR) is 50.6 cm³/mol. The van der Waals surface area contributed by atoms with Gasteiger partial charge in [0.2, 0.25) is 5.95 Å². The highest BCUT2D eigenvalue weighted by atomic mass is 19.4. The Bertz CT molecular complexity index is 303. The molecule has 0 amide bonds. The van der Waals surface area contributed by atoms with Crippen molar-refractivity contribution in [2.75, 3.05) is 18.0 Å². The molecule has 1 aromatic heterocycles. The maximum atomic E-state index is 12.2. The Labute approximate surface area is 86.0 Å². The van der Waals surface area contributed by atoms with Gasteiger partial charge in [-0.25, -0.2) is 9.97 Å². The van der Waals surface area contributed by atoms with E-state index in [1.165, 1.54) is 0 Å². The van der Waals surface area contributed by atoms with Gasteiger partial charge >= 0.3 is 6.18 Å². The maximum absolute atomic E-state index is 12.2. The third kappa shape index (κ3) is 2.81. The van der Waals surface area contributed by atoms with E-state index in [1.54, 1.807) is 4.90 Å². The quantitative estimate of drug-likeness (QED) is 0.781. The maximum Gasteiger partial charge on any atom is 0.419 e. The Morgan fingerprint density at radius 3 is 1.93 bits per heavy atom. The predicted octanol–water partition coefficient (Wildman–Crippen LogP) is 2.34. The molecule has 1 heterocycles. The van der Waals surface area contributed by atoms with E-state index in [0.717, 1.165) is 12.4 Å². The van der Waals surface area contributed by atoms with Crippen molar-refractivity contribution in [3.63, 3.8) is 0 Å². The molecule has 0 fully saturated rings. The molecule has 0 unspecified atom stereocenters. The highest BCUT2D eigenvalue weighted by molar-refractivity contribution is 5.29. The smallest absolute Gasteiger partial charge is 0.341 e. The summed E-state index contributed by atoms with van der Waals surface area (Å²) in [6, 6.07) is 0. The van der Waals surface area contributed by atoms with Gasteiger partial charge in [-0.1, -0.05) is 0 Å². The molecule has 0 aromatic carbocycles. The van der Waals surface area contributed by atoms with Gasteiger partial charge in [0, 0.05) is 25.5 Å². The summed E-state index contributed by atoms with van der Waals surface area (Å²) in [5.41, 5.74) is -0.821. The van der Waals surface area contributed by atoms with Crippen molar-refractivity contribution in [3.8, 4) is 0 Å². The van der Waals surface area contributed by atoms with Crippen LogP contribution in [-0.4, -0.2) is 23.1 Å². The molecule has 0 atom stereocenters. The Morgan fingerprint density at radius 1 is 1.13 bits per heavy atom. The van der Waals surface area contributed by atoms with Gasteiger partial charge in [0.25, 0.3) is 0 Å². The van der Waals surface area contributed by atoms with Crippen molar-refractivity contribution in [1.29, 1.82) is 0 Å². The molecule has 0 aliphatic heterocycles. The van der Waals surface area contributed by atoms with Crippen molar-refractivity contribution in [2.45, 2.75) is 20.0 Å². The van der Waals surface area contributed by atoms with Crippen LogP contribution in [0.15, 0.2) is 12.4 Å². The molecule has 0 saturated carbocycles. The second-order valence-electron chi connectivity index (χ2n) is 2.94. The first-order valence-electron chi connectivity index (χ1n) is 4.63. The van der Waals surface area contributed by atoms with Gasteiger partial charge in [-0.15, -0.1) is 0 Å². The highest BCUT2D eigenvalue weighted by Crippen LogP contribution is 2.28. The number of hydrogen-bond donors (Lipinski definition) is 0. The molecule has 0 N–H and O–H groups in total. The molecule has 6 heteroatoms. The average molecular weight is 219 g/mol. The summed E-state index contributed by atoms with van der Waals surface area (Å²) in [5.74, 6) is 0.327. The standard InChI is InChI=1S/C9H12F3N3/c1-3-15(4-2)8-13-5-7(6-14-8)9(10,11)12/h5-6H,3-4H2,1-2H3. The topological polar surface area (TPSA) is 29.0 Å². The second kappa shape index (κ2) is 4.46. The van der Waals surface area contributed by atoms with Gasteiger partial charge in [-0.3, -0.25) is 0 Å². The Morgan fingerprint density at radius 2 is 1.60 bits per heavy atom. The Balaban J connectivity index is 2.89. The fraction of sp³-hybridized carbons (Fsp3) is 0.556. The van der Waals surface area contributed by atoms with E-state index in [0.29, 0.717) is 19.0 Å². The molecule has 0 radical (unpaired) electrons. The van der Waals surface area contributed by atoms with Crippen LogP contribution in [0.25, 0.3) is 0 Å². The van der Waals surface area contributed by atoms with Crippen LogP contribution in [0.4, 0.5) is 19.1 Å². The van der Waals surface area contributed by atoms with Crippen LogP contribution in [0.1, 0.15) is 19.4 Å². The molecule has 0 bridgehead atoms. The van der Waals surface area contributed by atoms with Crippen LogP contribution >= 0.6 is 0 Å². The van der Waals surface area contributed by atoms with E-state index in [1.807, 2.05) is 13.8 Å². The third-order valence-corrected chi connectivity index (χ3v) is 2.01. The van der Waals surface area contributed by atoms with Crippen LogP contribution in [0.2, 0.25) is 0 Å². The van der Waals surface area contributed by atoms with E-state index in [2.05, 4.69) is 9.97 Å². The summed E-state index contributed by atoms with van der Waals surface area (Å²) < 4.78 is 36.6. The van der Waals surface area contributed by atoms with E-state index in [9.17, 15) is 13.2 Å². The Hall–Kier alpha value is -1.33. The summed E-state index contributed by atoms with van der Waals surface area (Å²) in [6.45, 7) is 5.12. The number of hydrogen-bond acceptors (Lipinski definition) is 3. The van der Waals surface area contributed by atoms with Crippen molar-refractivity contribution in [2.24, 2.45) is 0 Å². The minimum Gasteiger partial charge on any atom is -0.341 e. The lowest BCUT2D eigenvalue weighted by Gasteiger charge is -2.18. The van der Waals surface area contributed by atoms with Crippen LogP contribution in [0.5, 0.6) is 0 Å². The molecule has 84 valence electrons. The lowest BCUT2D eigenvalue weighted by atomic mass is 10.3. The zero-order valence-corrected chi connectivity index (χ0v) is 8.54. The fourth-order valence-electron chi connectivity index (χ4n) is 1.14. The van der Waals surface area contributed by atoms with E-state index in [4.69, 9.17) is 0 Å². The number of rotatable bonds is 3. The first-order chi connectivity index (χ1) is 6.99. The first-order valence-corrected chi connectivity index (χ1v) is 4.63. The third-order valence-electron chi connectivity index (χ3n) is 2.01. The summed E-state index contributed by atoms with van der Waals surface area (Å²) in [5, 5.41) is 0. The monoisotopic (exact) mass is 219 g/mol. The van der Waals surface area contributed by atoms with Crippen LogP contribution < -0.4 is 4.90 Å². The second-order valence-corrected chi connectivity index (χ2v) is 2.94. The summed E-state index contributed by atoms with van der Waals surface area (Å²) in [4.78, 5) is 9.14. The molecule has 0 aliphatic carbocycles. The molecular formula is C9H12F3N3. The number of aromatic nitrogens is 2. The van der Waals surface area contributed by atoms with Gasteiger partial charge in [0.05, 0.1) is 5.56 Å². The zero-order chi connectivity index (χ0) is 11.5. The number of alkyl halides is 3. The highest BCUT2D eigenvalue weighted by Gasteiger charge is 2.31. The first kappa shape index (κ1) is 11.7. The minimum atomic E-state index is -4.37. The van der Waals surface area contributed by atoms with Gasteiger partial charge < -0.3 is 4.90 Å². The van der Waals surface area contributed by atoms with Gasteiger partial charge in [-0.2, -0.15) is 13.2 Å². The molecule has 15 heavy (non-hydrogen) atoms. The van der Waals surface area contributed by atoms with Gasteiger partial charge in [0.1, 0.15) is 0 Å². The normalized spacial score (nSPS) is 11.5. The Kier molecular flexibility index (Phi) is 3.49. The molecule has 0 aliphatic rings. The lowest BCUT2D eigenvalue weighted by molar-refractivity contribution is -0.138. The largest absolute Gasteiger partial charge is 0.419 e. The van der Waals surface area contributed by atoms with Gasteiger partial charge in [-0.05, 0) is 13.8 Å². The lowest BCUT2D eigenvalue weighted by Crippen LogP contribution is -2.24. The summed E-state index contributed by atoms with van der Waals surface area (Å²) in [6.07, 6.45) is -2.76. The average Bonchev–Trinajstić information content (AvgIpc) is 2.19. The van der Waals surface area contributed by atoms with Crippen LogP contribution in [0.3, 0.4) is 0 Å². The van der Waals surface area contributed by atoms with Crippen molar-refractivity contribution >= 4 is 5.95 Å². The fourth-order valence-corrected chi connectivity index (χ4v) is 1.14. The van der Waals surface area contributed by atoms with E-state index in [-0.39, 0.29) is 0 Å². The molecule has 1 rings (SSSR count). The van der Waals surface area contributed by atoms with E-state index < -0.39 is 11.7 Å². The number of halogens is 3. The molecule has 1 aromatic rings. The van der Waals surface area contributed by atoms with E-state index >= 15 is 0 Å². The molecule has 0 saturated heterocycles. The number of nitrogens with zero attached hydrogens (tertiary/aromatic N) is 3. The molecular weight excluding hydrogens is 207 g/mol.